The molecule has 0 fully saturated rings. The van der Waals surface area contributed by atoms with Gasteiger partial charge in [0.1, 0.15) is 15.6 Å². The smallest absolute Gasteiger partial charge is 0.263 e. The molecule has 3 aromatic heterocycles. The van der Waals surface area contributed by atoms with Gasteiger partial charge < -0.3 is 0 Å². The van der Waals surface area contributed by atoms with Gasteiger partial charge in [-0.1, -0.05) is 12.1 Å². The molecule has 0 bridgehead atoms. The zero-order valence-corrected chi connectivity index (χ0v) is 19.0. The summed E-state index contributed by atoms with van der Waals surface area (Å²) >= 11 is 0. The van der Waals surface area contributed by atoms with Crippen LogP contribution in [0.15, 0.2) is 95.4 Å². The van der Waals surface area contributed by atoms with Gasteiger partial charge in [0.2, 0.25) is 10.0 Å². The topological polar surface area (TPSA) is 102 Å². The van der Waals surface area contributed by atoms with E-state index in [1.54, 1.807) is 6.07 Å². The van der Waals surface area contributed by atoms with E-state index >= 15 is 0 Å². The molecule has 0 atom stereocenters. The molecular weight excluding hydrogens is 467 g/mol. The van der Waals surface area contributed by atoms with Gasteiger partial charge in [0, 0.05) is 50.1 Å². The normalized spacial score (nSPS) is 12.2. The first-order valence-corrected chi connectivity index (χ1v) is 12.6. The number of sulfonamides is 1. The summed E-state index contributed by atoms with van der Waals surface area (Å²) in [6.45, 7) is -0.145. The fraction of sp³-hybridized carbons (Fsp3) is 0.0909. The van der Waals surface area contributed by atoms with Crippen molar-refractivity contribution >= 4 is 20.0 Å². The van der Waals surface area contributed by atoms with Crippen molar-refractivity contribution in [2.75, 3.05) is 7.05 Å². The van der Waals surface area contributed by atoms with Gasteiger partial charge >= 0.3 is 0 Å². The molecule has 0 radical (unpaired) electrons. The molecule has 11 heteroatoms. The van der Waals surface area contributed by atoms with Gasteiger partial charge in [-0.3, -0.25) is 9.97 Å². The minimum Gasteiger partial charge on any atom is -0.263 e. The summed E-state index contributed by atoms with van der Waals surface area (Å²) in [4.78, 5) is 7.62. The number of pyridine rings is 2. The number of benzene rings is 1. The summed E-state index contributed by atoms with van der Waals surface area (Å²) < 4.78 is 69.0. The molecule has 33 heavy (non-hydrogen) atoms. The third-order valence-electron chi connectivity index (χ3n) is 4.93. The molecule has 4 aromatic rings. The Labute approximate surface area is 191 Å². The Bertz CT molecular complexity index is 1490. The lowest BCUT2D eigenvalue weighted by Crippen LogP contribution is -2.26. The Morgan fingerprint density at radius 1 is 0.909 bits per heavy atom. The van der Waals surface area contributed by atoms with E-state index in [1.165, 1.54) is 86.6 Å². The molecular formula is C22H19FN4O4S2. The highest BCUT2D eigenvalue weighted by molar-refractivity contribution is 7.90. The summed E-state index contributed by atoms with van der Waals surface area (Å²) in [5.74, 6) is -0.610. The molecule has 8 nitrogen and oxygen atoms in total. The van der Waals surface area contributed by atoms with Gasteiger partial charge in [0.25, 0.3) is 10.0 Å². The Hall–Kier alpha value is -3.41. The maximum absolute atomic E-state index is 14.6. The van der Waals surface area contributed by atoms with Crippen LogP contribution >= 0.6 is 0 Å². The average molecular weight is 487 g/mol. The summed E-state index contributed by atoms with van der Waals surface area (Å²) in [7, 11) is -6.63. The summed E-state index contributed by atoms with van der Waals surface area (Å²) in [6.07, 6.45) is 6.62. The predicted molar refractivity (Wildman–Crippen MR) is 120 cm³/mol. The lowest BCUT2D eigenvalue weighted by Gasteiger charge is -2.16. The first-order chi connectivity index (χ1) is 15.7. The van der Waals surface area contributed by atoms with Crippen LogP contribution in [0.2, 0.25) is 0 Å². The van der Waals surface area contributed by atoms with Crippen molar-refractivity contribution in [3.8, 4) is 11.3 Å². The molecule has 0 aliphatic heterocycles. The third-order valence-corrected chi connectivity index (χ3v) is 8.38. The second kappa shape index (κ2) is 8.85. The molecule has 0 aliphatic rings. The zero-order valence-electron chi connectivity index (χ0n) is 17.4. The van der Waals surface area contributed by atoms with Gasteiger partial charge in [0.05, 0.1) is 5.69 Å². The van der Waals surface area contributed by atoms with Gasteiger partial charge in [-0.05, 0) is 48.0 Å². The van der Waals surface area contributed by atoms with Gasteiger partial charge in [-0.2, -0.15) is 4.31 Å². The number of halogens is 1. The van der Waals surface area contributed by atoms with E-state index in [4.69, 9.17) is 0 Å². The molecule has 0 N–H and O–H groups in total. The quantitative estimate of drug-likeness (QED) is 0.398. The maximum atomic E-state index is 14.6. The van der Waals surface area contributed by atoms with Gasteiger partial charge in [-0.25, -0.2) is 25.2 Å². The minimum atomic E-state index is -4.13. The van der Waals surface area contributed by atoms with Gasteiger partial charge in [0.15, 0.2) is 0 Å². The highest BCUT2D eigenvalue weighted by Gasteiger charge is 2.26. The Balaban J connectivity index is 1.80. The van der Waals surface area contributed by atoms with E-state index in [0.717, 1.165) is 8.28 Å². The molecule has 1 aromatic carbocycles. The van der Waals surface area contributed by atoms with Gasteiger partial charge in [-0.15, -0.1) is 0 Å². The van der Waals surface area contributed by atoms with Crippen LogP contribution in [0.25, 0.3) is 11.3 Å². The molecule has 170 valence electrons. The van der Waals surface area contributed by atoms with Crippen LogP contribution in [-0.4, -0.2) is 42.1 Å². The molecule has 0 aliphatic carbocycles. The maximum Gasteiger partial charge on any atom is 0.269 e. The Morgan fingerprint density at radius 2 is 1.55 bits per heavy atom. The van der Waals surface area contributed by atoms with Crippen LogP contribution in [0.4, 0.5) is 4.39 Å². The standard InChI is InChI=1S/C22H19FN4O4S2/c1-26(32(28,29)18-6-4-10-24-13-18)15-17-12-22(20-8-2-3-9-21(20)23)27(16-17)33(30,31)19-7-5-11-25-14-19/h2-14,16H,15H2,1H3. The number of rotatable bonds is 7. The van der Waals surface area contributed by atoms with Crippen LogP contribution in [0.5, 0.6) is 0 Å². The molecule has 0 saturated heterocycles. The van der Waals surface area contributed by atoms with Crippen molar-refractivity contribution in [1.29, 1.82) is 0 Å². The highest BCUT2D eigenvalue weighted by Crippen LogP contribution is 2.30. The Kier molecular flexibility index (Phi) is 6.11. The van der Waals surface area contributed by atoms with Crippen molar-refractivity contribution in [2.45, 2.75) is 16.3 Å². The first kappa shape index (κ1) is 22.8. The number of hydrogen-bond donors (Lipinski definition) is 0. The first-order valence-electron chi connectivity index (χ1n) is 9.69. The number of hydrogen-bond acceptors (Lipinski definition) is 6. The van der Waals surface area contributed by atoms with Crippen LogP contribution in [0, 0.1) is 5.82 Å². The second-order valence-corrected chi connectivity index (χ2v) is 11.0. The third kappa shape index (κ3) is 4.42. The van der Waals surface area contributed by atoms with E-state index in [0.29, 0.717) is 5.56 Å². The van der Waals surface area contributed by atoms with E-state index in [1.807, 2.05) is 0 Å². The van der Waals surface area contributed by atoms with Crippen LogP contribution in [0.1, 0.15) is 5.56 Å². The van der Waals surface area contributed by atoms with E-state index in [2.05, 4.69) is 9.97 Å². The molecule has 0 spiro atoms. The van der Waals surface area contributed by atoms with Crippen molar-refractivity contribution in [3.05, 3.63) is 97.0 Å². The largest absolute Gasteiger partial charge is 0.269 e. The van der Waals surface area contributed by atoms with E-state index in [9.17, 15) is 21.2 Å². The summed E-state index contributed by atoms with van der Waals surface area (Å²) in [5.41, 5.74) is 0.490. The minimum absolute atomic E-state index is 0.00393. The molecule has 4 rings (SSSR count). The molecule has 0 amide bonds. The molecule has 0 saturated carbocycles. The number of aromatic nitrogens is 3. The average Bonchev–Trinajstić information content (AvgIpc) is 3.25. The Morgan fingerprint density at radius 3 is 2.15 bits per heavy atom. The molecule has 3 heterocycles. The SMILES string of the molecule is CN(Cc1cc(-c2ccccc2F)n(S(=O)(=O)c2cccnc2)c1)S(=O)(=O)c1cccnc1. The van der Waals surface area contributed by atoms with Crippen molar-refractivity contribution in [1.82, 2.24) is 18.2 Å². The fourth-order valence-corrected chi connectivity index (χ4v) is 5.76. The zero-order chi connectivity index (χ0) is 23.6. The lowest BCUT2D eigenvalue weighted by atomic mass is 10.1. The molecule has 0 unspecified atom stereocenters. The second-order valence-electron chi connectivity index (χ2n) is 7.15. The van der Waals surface area contributed by atoms with Crippen molar-refractivity contribution < 1.29 is 21.2 Å². The van der Waals surface area contributed by atoms with Crippen LogP contribution < -0.4 is 0 Å². The van der Waals surface area contributed by atoms with E-state index in [-0.39, 0.29) is 27.6 Å². The monoisotopic (exact) mass is 486 g/mol. The van der Waals surface area contributed by atoms with Crippen molar-refractivity contribution in [2.24, 2.45) is 0 Å². The highest BCUT2D eigenvalue weighted by atomic mass is 32.2. The van der Waals surface area contributed by atoms with E-state index < -0.39 is 25.9 Å². The summed E-state index contributed by atoms with van der Waals surface area (Å²) in [5, 5.41) is 0. The van der Waals surface area contributed by atoms with Crippen molar-refractivity contribution in [3.63, 3.8) is 0 Å². The van der Waals surface area contributed by atoms with Crippen LogP contribution in [-0.2, 0) is 26.6 Å². The summed E-state index contributed by atoms with van der Waals surface area (Å²) in [6, 6.07) is 13.0. The predicted octanol–water partition coefficient (Wildman–Crippen LogP) is 3.14. The lowest BCUT2D eigenvalue weighted by molar-refractivity contribution is 0.466. The number of nitrogens with zero attached hydrogens (tertiary/aromatic N) is 4. The fourth-order valence-electron chi connectivity index (χ4n) is 3.28. The van der Waals surface area contributed by atoms with Crippen LogP contribution in [0.3, 0.4) is 0 Å².